The summed E-state index contributed by atoms with van der Waals surface area (Å²) in [7, 11) is 0. The third-order valence-corrected chi connectivity index (χ3v) is 1.98. The fraction of sp³-hybridized carbons (Fsp3) is 0.182. The molecule has 1 unspecified atom stereocenters. The summed E-state index contributed by atoms with van der Waals surface area (Å²) in [4.78, 5) is 0. The van der Waals surface area contributed by atoms with E-state index in [1.165, 1.54) is 16.9 Å². The van der Waals surface area contributed by atoms with E-state index in [9.17, 15) is 4.39 Å². The van der Waals surface area contributed by atoms with Crippen LogP contribution in [0.4, 0.5) is 4.39 Å². The summed E-state index contributed by atoms with van der Waals surface area (Å²) in [6, 6.07) is 6.38. The van der Waals surface area contributed by atoms with E-state index in [1.807, 2.05) is 0 Å². The van der Waals surface area contributed by atoms with Gasteiger partial charge in [0.25, 0.3) is 0 Å². The Morgan fingerprint density at radius 1 is 1.44 bits per heavy atom. The second-order valence-corrected chi connectivity index (χ2v) is 3.39. The molecule has 1 aromatic heterocycles. The van der Waals surface area contributed by atoms with Crippen molar-refractivity contribution in [2.45, 2.75) is 13.2 Å². The Morgan fingerprint density at radius 3 is 2.88 bits per heavy atom. The molecule has 0 saturated carbocycles. The second kappa shape index (κ2) is 4.32. The third kappa shape index (κ3) is 2.20. The van der Waals surface area contributed by atoms with Gasteiger partial charge in [0.15, 0.2) is 5.75 Å². The minimum Gasteiger partial charge on any atom is -0.473 e. The van der Waals surface area contributed by atoms with E-state index in [1.54, 1.807) is 31.3 Å². The Hall–Kier alpha value is -1.88. The maximum Gasteiger partial charge on any atom is 0.160 e. The SMILES string of the molecule is CC(N)Oc1cnn(-c2ccccc2F)c1. The average molecular weight is 221 g/mol. The largest absolute Gasteiger partial charge is 0.473 e. The van der Waals surface area contributed by atoms with E-state index < -0.39 is 6.23 Å². The standard InChI is InChI=1S/C11H12FN3O/c1-8(13)16-9-6-14-15(7-9)11-5-3-2-4-10(11)12/h2-8H,13H2,1H3. The number of aromatic nitrogens is 2. The van der Waals surface area contributed by atoms with Crippen molar-refractivity contribution in [3.63, 3.8) is 0 Å². The first-order valence-corrected chi connectivity index (χ1v) is 4.88. The van der Waals surface area contributed by atoms with Gasteiger partial charge < -0.3 is 4.74 Å². The predicted molar refractivity (Wildman–Crippen MR) is 57.8 cm³/mol. The van der Waals surface area contributed by atoms with Crippen molar-refractivity contribution in [3.8, 4) is 11.4 Å². The first kappa shape index (κ1) is 10.6. The molecule has 0 bridgehead atoms. The molecule has 0 saturated heterocycles. The normalized spacial score (nSPS) is 12.4. The van der Waals surface area contributed by atoms with Gasteiger partial charge in [0.2, 0.25) is 0 Å². The van der Waals surface area contributed by atoms with Gasteiger partial charge in [-0.05, 0) is 19.1 Å². The molecule has 1 atom stereocenters. The maximum atomic E-state index is 13.4. The van der Waals surface area contributed by atoms with Gasteiger partial charge in [-0.15, -0.1) is 0 Å². The molecule has 16 heavy (non-hydrogen) atoms. The highest BCUT2D eigenvalue weighted by Crippen LogP contribution is 2.16. The lowest BCUT2D eigenvalue weighted by Crippen LogP contribution is -2.22. The summed E-state index contributed by atoms with van der Waals surface area (Å²) in [5, 5.41) is 4.00. The van der Waals surface area contributed by atoms with E-state index in [4.69, 9.17) is 10.5 Å². The summed E-state index contributed by atoms with van der Waals surface area (Å²) >= 11 is 0. The number of benzene rings is 1. The molecule has 0 fully saturated rings. The van der Waals surface area contributed by atoms with Crippen LogP contribution in [0.5, 0.6) is 5.75 Å². The van der Waals surface area contributed by atoms with Crippen molar-refractivity contribution < 1.29 is 9.13 Å². The number of nitrogens with zero attached hydrogens (tertiary/aromatic N) is 2. The first-order valence-electron chi connectivity index (χ1n) is 4.88. The quantitative estimate of drug-likeness (QED) is 0.802. The molecule has 5 heteroatoms. The second-order valence-electron chi connectivity index (χ2n) is 3.39. The number of hydrogen-bond acceptors (Lipinski definition) is 3. The summed E-state index contributed by atoms with van der Waals surface area (Å²) in [6.07, 6.45) is 2.66. The summed E-state index contributed by atoms with van der Waals surface area (Å²) < 4.78 is 20.1. The molecule has 0 spiro atoms. The number of hydrogen-bond donors (Lipinski definition) is 1. The van der Waals surface area contributed by atoms with Gasteiger partial charge in [-0.2, -0.15) is 5.10 Å². The molecule has 2 rings (SSSR count). The maximum absolute atomic E-state index is 13.4. The fourth-order valence-corrected chi connectivity index (χ4v) is 1.35. The van der Waals surface area contributed by atoms with Crippen LogP contribution in [0.1, 0.15) is 6.92 Å². The van der Waals surface area contributed by atoms with Crippen LogP contribution in [-0.4, -0.2) is 16.0 Å². The molecule has 84 valence electrons. The molecule has 0 aliphatic heterocycles. The van der Waals surface area contributed by atoms with Crippen LogP contribution < -0.4 is 10.5 Å². The lowest BCUT2D eigenvalue weighted by molar-refractivity contribution is 0.230. The molecule has 0 amide bonds. The van der Waals surface area contributed by atoms with Crippen molar-refractivity contribution in [2.24, 2.45) is 5.73 Å². The van der Waals surface area contributed by atoms with Crippen LogP contribution in [0.25, 0.3) is 5.69 Å². The lowest BCUT2D eigenvalue weighted by atomic mass is 10.3. The number of rotatable bonds is 3. The molecule has 2 N–H and O–H groups in total. The van der Waals surface area contributed by atoms with Crippen molar-refractivity contribution in [3.05, 3.63) is 42.5 Å². The Balaban J connectivity index is 2.28. The van der Waals surface area contributed by atoms with E-state index in [0.717, 1.165) is 0 Å². The third-order valence-electron chi connectivity index (χ3n) is 1.98. The Labute approximate surface area is 92.4 Å². The molecule has 1 aromatic carbocycles. The number of ether oxygens (including phenoxy) is 1. The molecular formula is C11H12FN3O. The smallest absolute Gasteiger partial charge is 0.160 e. The highest BCUT2D eigenvalue weighted by atomic mass is 19.1. The van der Waals surface area contributed by atoms with Crippen molar-refractivity contribution in [1.82, 2.24) is 9.78 Å². The van der Waals surface area contributed by atoms with Crippen LogP contribution >= 0.6 is 0 Å². The Morgan fingerprint density at radius 2 is 2.19 bits per heavy atom. The Kier molecular flexibility index (Phi) is 2.87. The van der Waals surface area contributed by atoms with Gasteiger partial charge in [-0.3, -0.25) is 5.73 Å². The molecule has 1 heterocycles. The van der Waals surface area contributed by atoms with E-state index in [0.29, 0.717) is 11.4 Å². The summed E-state index contributed by atoms with van der Waals surface area (Å²) in [5.41, 5.74) is 5.85. The average Bonchev–Trinajstić information content (AvgIpc) is 2.66. The minimum absolute atomic E-state index is 0.335. The fourth-order valence-electron chi connectivity index (χ4n) is 1.35. The van der Waals surface area contributed by atoms with E-state index in [2.05, 4.69) is 5.10 Å². The molecule has 4 nitrogen and oxygen atoms in total. The van der Waals surface area contributed by atoms with Gasteiger partial charge in [0, 0.05) is 0 Å². The first-order chi connectivity index (χ1) is 7.66. The Bertz CT molecular complexity index is 482. The van der Waals surface area contributed by atoms with Gasteiger partial charge in [-0.1, -0.05) is 12.1 Å². The predicted octanol–water partition coefficient (Wildman–Crippen LogP) is 1.69. The monoisotopic (exact) mass is 221 g/mol. The zero-order chi connectivity index (χ0) is 11.5. The van der Waals surface area contributed by atoms with Crippen LogP contribution in [0.15, 0.2) is 36.7 Å². The number of halogens is 1. The zero-order valence-electron chi connectivity index (χ0n) is 8.80. The zero-order valence-corrected chi connectivity index (χ0v) is 8.80. The van der Waals surface area contributed by atoms with Gasteiger partial charge in [0.05, 0.1) is 12.4 Å². The summed E-state index contributed by atoms with van der Waals surface area (Å²) in [5.74, 6) is 0.177. The molecule has 0 aliphatic rings. The highest BCUT2D eigenvalue weighted by Gasteiger charge is 2.06. The molecule has 2 aromatic rings. The van der Waals surface area contributed by atoms with Crippen LogP contribution in [-0.2, 0) is 0 Å². The molecular weight excluding hydrogens is 209 g/mol. The van der Waals surface area contributed by atoms with Crippen molar-refractivity contribution >= 4 is 0 Å². The lowest BCUT2D eigenvalue weighted by Gasteiger charge is -2.05. The van der Waals surface area contributed by atoms with E-state index >= 15 is 0 Å². The van der Waals surface area contributed by atoms with Crippen molar-refractivity contribution in [2.75, 3.05) is 0 Å². The molecule has 0 aliphatic carbocycles. The van der Waals surface area contributed by atoms with E-state index in [-0.39, 0.29) is 5.82 Å². The van der Waals surface area contributed by atoms with Gasteiger partial charge in [0.1, 0.15) is 17.7 Å². The number of para-hydroxylation sites is 1. The molecule has 0 radical (unpaired) electrons. The van der Waals surface area contributed by atoms with Crippen LogP contribution in [0.2, 0.25) is 0 Å². The number of nitrogens with two attached hydrogens (primary N) is 1. The van der Waals surface area contributed by atoms with Crippen LogP contribution in [0, 0.1) is 5.82 Å². The minimum atomic E-state index is -0.418. The van der Waals surface area contributed by atoms with Crippen LogP contribution in [0.3, 0.4) is 0 Å². The van der Waals surface area contributed by atoms with Gasteiger partial charge >= 0.3 is 0 Å². The highest BCUT2D eigenvalue weighted by molar-refractivity contribution is 5.33. The summed E-state index contributed by atoms with van der Waals surface area (Å²) in [6.45, 7) is 1.71. The topological polar surface area (TPSA) is 53.1 Å². The van der Waals surface area contributed by atoms with Crippen molar-refractivity contribution in [1.29, 1.82) is 0 Å². The van der Waals surface area contributed by atoms with Gasteiger partial charge in [-0.25, -0.2) is 9.07 Å².